The van der Waals surface area contributed by atoms with Gasteiger partial charge in [-0.25, -0.2) is 0 Å². The minimum atomic E-state index is -0.536. The predicted octanol–water partition coefficient (Wildman–Crippen LogP) is 2.36. The molecular weight excluding hydrogens is 256 g/mol. The molecule has 20 heavy (non-hydrogen) atoms. The molecule has 1 N–H and O–H groups in total. The Kier molecular flexibility index (Phi) is 4.20. The second-order valence-electron chi connectivity index (χ2n) is 5.23. The highest BCUT2D eigenvalue weighted by molar-refractivity contribution is 5.58. The minimum absolute atomic E-state index is 0.0863. The first-order chi connectivity index (χ1) is 9.52. The first-order valence-electron chi connectivity index (χ1n) is 6.67. The fraction of sp³-hybridized carbons (Fsp3) is 0.500. The summed E-state index contributed by atoms with van der Waals surface area (Å²) in [5, 5.41) is 22.9. The van der Waals surface area contributed by atoms with Crippen molar-refractivity contribution in [3.63, 3.8) is 0 Å². The Hall–Kier alpha value is -2.13. The lowest BCUT2D eigenvalue weighted by Crippen LogP contribution is -2.36. The summed E-state index contributed by atoms with van der Waals surface area (Å²) in [5.74, 6) is 0. The van der Waals surface area contributed by atoms with Crippen LogP contribution in [0, 0.1) is 21.4 Å². The fourth-order valence-corrected chi connectivity index (χ4v) is 2.15. The normalized spacial score (nSPS) is 15.7. The van der Waals surface area contributed by atoms with Gasteiger partial charge in [0.25, 0.3) is 5.69 Å². The van der Waals surface area contributed by atoms with Crippen LogP contribution in [0.2, 0.25) is 0 Å². The number of likely N-dealkylation sites (N-methyl/N-ethyl adjacent to an activating group) is 1. The molecular formula is C14H18N4O2. The maximum absolute atomic E-state index is 10.8. The van der Waals surface area contributed by atoms with Crippen LogP contribution in [0.25, 0.3) is 0 Å². The highest BCUT2D eigenvalue weighted by Crippen LogP contribution is 2.27. The summed E-state index contributed by atoms with van der Waals surface area (Å²) in [4.78, 5) is 12.6. The molecule has 2 rings (SSSR count). The molecule has 0 bridgehead atoms. The topological polar surface area (TPSA) is 82.2 Å². The molecule has 1 aliphatic rings. The summed E-state index contributed by atoms with van der Waals surface area (Å²) in [7, 11) is 2.11. The number of nitrogens with zero attached hydrogens (tertiary/aromatic N) is 3. The van der Waals surface area contributed by atoms with Gasteiger partial charge in [0.1, 0.15) is 11.6 Å². The number of hydrogen-bond acceptors (Lipinski definition) is 5. The van der Waals surface area contributed by atoms with Crippen molar-refractivity contribution in [1.82, 2.24) is 4.90 Å². The first-order valence-corrected chi connectivity index (χ1v) is 6.67. The van der Waals surface area contributed by atoms with Gasteiger partial charge in [-0.1, -0.05) is 0 Å². The number of hydrogen-bond donors (Lipinski definition) is 1. The summed E-state index contributed by atoms with van der Waals surface area (Å²) in [6.45, 7) is 2.89. The molecule has 0 aliphatic heterocycles. The van der Waals surface area contributed by atoms with Crippen LogP contribution in [0.15, 0.2) is 18.2 Å². The molecule has 0 saturated heterocycles. The van der Waals surface area contributed by atoms with E-state index in [0.29, 0.717) is 12.1 Å². The van der Waals surface area contributed by atoms with Gasteiger partial charge in [-0.3, -0.25) is 15.0 Å². The summed E-state index contributed by atoms with van der Waals surface area (Å²) in [6.07, 6.45) is 2.52. The summed E-state index contributed by atoms with van der Waals surface area (Å²) >= 11 is 0. The Morgan fingerprint density at radius 1 is 1.60 bits per heavy atom. The van der Waals surface area contributed by atoms with E-state index in [0.717, 1.165) is 12.2 Å². The molecule has 1 aromatic rings. The average Bonchev–Trinajstić information content (AvgIpc) is 3.27. The van der Waals surface area contributed by atoms with Crippen LogP contribution >= 0.6 is 0 Å². The van der Waals surface area contributed by atoms with E-state index in [-0.39, 0.29) is 11.3 Å². The molecule has 0 aromatic heterocycles. The Labute approximate surface area is 118 Å². The summed E-state index contributed by atoms with van der Waals surface area (Å²) < 4.78 is 0. The SMILES string of the molecule is CC(CNc1ccc([N+](=O)[O-])c(C#N)c1)N(C)C1CC1. The zero-order chi connectivity index (χ0) is 14.7. The van der Waals surface area contributed by atoms with Gasteiger partial charge < -0.3 is 5.32 Å². The molecule has 1 aliphatic carbocycles. The van der Waals surface area contributed by atoms with Crippen molar-refractivity contribution < 1.29 is 4.92 Å². The molecule has 1 aromatic carbocycles. The lowest BCUT2D eigenvalue weighted by molar-refractivity contribution is -0.385. The third-order valence-corrected chi connectivity index (χ3v) is 3.73. The van der Waals surface area contributed by atoms with Crippen molar-refractivity contribution in [2.45, 2.75) is 31.8 Å². The summed E-state index contributed by atoms with van der Waals surface area (Å²) in [5.41, 5.74) is 0.674. The molecule has 0 spiro atoms. The number of nitrogens with one attached hydrogen (secondary N) is 1. The van der Waals surface area contributed by atoms with Crippen LogP contribution < -0.4 is 5.32 Å². The third kappa shape index (κ3) is 3.25. The quantitative estimate of drug-likeness (QED) is 0.636. The van der Waals surface area contributed by atoms with E-state index in [4.69, 9.17) is 5.26 Å². The molecule has 0 heterocycles. The Morgan fingerprint density at radius 2 is 2.30 bits per heavy atom. The number of anilines is 1. The average molecular weight is 274 g/mol. The number of nitro benzene ring substituents is 1. The second-order valence-corrected chi connectivity index (χ2v) is 5.23. The van der Waals surface area contributed by atoms with E-state index >= 15 is 0 Å². The highest BCUT2D eigenvalue weighted by atomic mass is 16.6. The predicted molar refractivity (Wildman–Crippen MR) is 76.5 cm³/mol. The minimum Gasteiger partial charge on any atom is -0.383 e. The van der Waals surface area contributed by atoms with Gasteiger partial charge in [0, 0.05) is 30.4 Å². The highest BCUT2D eigenvalue weighted by Gasteiger charge is 2.28. The fourth-order valence-electron chi connectivity index (χ4n) is 2.15. The van der Waals surface area contributed by atoms with E-state index in [1.807, 2.05) is 6.07 Å². The van der Waals surface area contributed by atoms with E-state index in [1.54, 1.807) is 6.07 Å². The standard InChI is InChI=1S/C14H18N4O2/c1-10(17(2)13-4-5-13)9-16-12-3-6-14(18(19)20)11(7-12)8-15/h3,6-7,10,13,16H,4-5,9H2,1-2H3. The molecule has 1 unspecified atom stereocenters. The van der Waals surface area contributed by atoms with Gasteiger partial charge in [-0.2, -0.15) is 5.26 Å². The van der Waals surface area contributed by atoms with Crippen LogP contribution in [0.3, 0.4) is 0 Å². The van der Waals surface area contributed by atoms with Crippen LogP contribution in [-0.4, -0.2) is 35.5 Å². The van der Waals surface area contributed by atoms with Gasteiger partial charge in [-0.15, -0.1) is 0 Å². The number of nitro groups is 1. The lowest BCUT2D eigenvalue weighted by atomic mass is 10.1. The number of benzene rings is 1. The van der Waals surface area contributed by atoms with Gasteiger partial charge in [0.05, 0.1) is 4.92 Å². The Bertz CT molecular complexity index is 549. The zero-order valence-corrected chi connectivity index (χ0v) is 11.7. The molecule has 6 nitrogen and oxygen atoms in total. The molecule has 106 valence electrons. The monoisotopic (exact) mass is 274 g/mol. The van der Waals surface area contributed by atoms with Gasteiger partial charge in [0.2, 0.25) is 0 Å². The molecule has 1 saturated carbocycles. The van der Waals surface area contributed by atoms with E-state index in [1.165, 1.54) is 25.0 Å². The molecule has 0 radical (unpaired) electrons. The zero-order valence-electron chi connectivity index (χ0n) is 11.7. The van der Waals surface area contributed by atoms with Gasteiger partial charge >= 0.3 is 0 Å². The van der Waals surface area contributed by atoms with Crippen molar-refractivity contribution in [2.75, 3.05) is 18.9 Å². The maximum atomic E-state index is 10.8. The maximum Gasteiger partial charge on any atom is 0.287 e. The lowest BCUT2D eigenvalue weighted by Gasteiger charge is -2.25. The molecule has 6 heteroatoms. The Morgan fingerprint density at radius 3 is 2.85 bits per heavy atom. The van der Waals surface area contributed by atoms with Crippen LogP contribution in [-0.2, 0) is 0 Å². The number of rotatable bonds is 6. The van der Waals surface area contributed by atoms with Crippen molar-refractivity contribution in [1.29, 1.82) is 5.26 Å². The van der Waals surface area contributed by atoms with Crippen LogP contribution in [0.4, 0.5) is 11.4 Å². The third-order valence-electron chi connectivity index (χ3n) is 3.73. The summed E-state index contributed by atoms with van der Waals surface area (Å²) in [6, 6.07) is 7.48. The first kappa shape index (κ1) is 14.3. The second kappa shape index (κ2) is 5.88. The largest absolute Gasteiger partial charge is 0.383 e. The van der Waals surface area contributed by atoms with E-state index in [2.05, 4.69) is 24.2 Å². The van der Waals surface area contributed by atoms with Crippen LogP contribution in [0.1, 0.15) is 25.3 Å². The number of nitriles is 1. The van der Waals surface area contributed by atoms with Gasteiger partial charge in [-0.05, 0) is 38.9 Å². The van der Waals surface area contributed by atoms with Crippen molar-refractivity contribution in [3.8, 4) is 6.07 Å². The van der Waals surface area contributed by atoms with Crippen molar-refractivity contribution >= 4 is 11.4 Å². The molecule has 0 amide bonds. The Balaban J connectivity index is 1.99. The molecule has 1 atom stereocenters. The smallest absolute Gasteiger partial charge is 0.287 e. The van der Waals surface area contributed by atoms with E-state index in [9.17, 15) is 10.1 Å². The van der Waals surface area contributed by atoms with Crippen molar-refractivity contribution in [3.05, 3.63) is 33.9 Å². The van der Waals surface area contributed by atoms with Crippen molar-refractivity contribution in [2.24, 2.45) is 0 Å². The van der Waals surface area contributed by atoms with Crippen LogP contribution in [0.5, 0.6) is 0 Å². The van der Waals surface area contributed by atoms with Gasteiger partial charge in [0.15, 0.2) is 0 Å². The van der Waals surface area contributed by atoms with E-state index < -0.39 is 4.92 Å². The molecule has 1 fully saturated rings.